The first-order valence-corrected chi connectivity index (χ1v) is 7.55. The number of halogens is 3. The number of nitrogens with zero attached hydrogens (tertiary/aromatic N) is 3. The fourth-order valence-electron chi connectivity index (χ4n) is 2.98. The Morgan fingerprint density at radius 3 is 2.48 bits per heavy atom. The number of hydrogen-bond acceptors (Lipinski definition) is 4. The molecule has 3 heterocycles. The second-order valence-electron chi connectivity index (χ2n) is 5.95. The summed E-state index contributed by atoms with van der Waals surface area (Å²) in [6, 6.07) is 3.21. The molecule has 1 aromatic rings. The maximum atomic E-state index is 13.2. The molecular weight excluding hydrogens is 326 g/mol. The molecule has 0 aliphatic carbocycles. The number of piperazine rings is 1. The number of amides is 1. The molecule has 1 N–H and O–H groups in total. The van der Waals surface area contributed by atoms with Crippen molar-refractivity contribution in [3.05, 3.63) is 30.1 Å². The van der Waals surface area contributed by atoms with Gasteiger partial charge in [-0.15, -0.1) is 12.4 Å². The molecule has 1 aromatic heterocycles. The zero-order valence-corrected chi connectivity index (χ0v) is 13.6. The molecule has 1 amide bonds. The van der Waals surface area contributed by atoms with Gasteiger partial charge in [0.25, 0.3) is 5.92 Å². The van der Waals surface area contributed by atoms with Crippen LogP contribution < -0.4 is 5.32 Å². The maximum absolute atomic E-state index is 13.2. The van der Waals surface area contributed by atoms with Gasteiger partial charge in [0.1, 0.15) is 0 Å². The minimum Gasteiger partial charge on any atom is -0.339 e. The van der Waals surface area contributed by atoms with Crippen molar-refractivity contribution in [3.63, 3.8) is 0 Å². The summed E-state index contributed by atoms with van der Waals surface area (Å²) >= 11 is 0. The summed E-state index contributed by atoms with van der Waals surface area (Å²) in [5, 5.41) is 2.63. The van der Waals surface area contributed by atoms with Crippen LogP contribution in [0.3, 0.4) is 0 Å². The van der Waals surface area contributed by atoms with E-state index < -0.39 is 18.5 Å². The van der Waals surface area contributed by atoms with E-state index >= 15 is 0 Å². The van der Waals surface area contributed by atoms with Crippen LogP contribution in [0.2, 0.25) is 0 Å². The quantitative estimate of drug-likeness (QED) is 0.892. The van der Waals surface area contributed by atoms with E-state index in [4.69, 9.17) is 0 Å². The van der Waals surface area contributed by atoms with E-state index in [0.29, 0.717) is 13.1 Å². The Morgan fingerprint density at radius 2 is 1.91 bits per heavy atom. The highest BCUT2D eigenvalue weighted by molar-refractivity contribution is 5.85. The van der Waals surface area contributed by atoms with Crippen LogP contribution in [0.25, 0.3) is 0 Å². The second-order valence-corrected chi connectivity index (χ2v) is 5.95. The normalized spacial score (nSPS) is 24.3. The molecule has 0 aromatic carbocycles. The lowest BCUT2D eigenvalue weighted by atomic mass is 10.1. The van der Waals surface area contributed by atoms with Crippen LogP contribution >= 0.6 is 12.4 Å². The molecule has 1 atom stereocenters. The van der Waals surface area contributed by atoms with Gasteiger partial charge in [0, 0.05) is 51.5 Å². The number of pyridine rings is 1. The molecule has 23 heavy (non-hydrogen) atoms. The van der Waals surface area contributed by atoms with Crippen LogP contribution in [0.4, 0.5) is 8.78 Å². The summed E-state index contributed by atoms with van der Waals surface area (Å²) in [4.78, 5) is 20.2. The second kappa shape index (κ2) is 7.51. The van der Waals surface area contributed by atoms with Crippen LogP contribution in [-0.2, 0) is 11.3 Å². The minimum absolute atomic E-state index is 0. The van der Waals surface area contributed by atoms with Crippen molar-refractivity contribution in [2.45, 2.75) is 24.9 Å². The van der Waals surface area contributed by atoms with Crippen molar-refractivity contribution in [1.82, 2.24) is 20.1 Å². The highest BCUT2D eigenvalue weighted by atomic mass is 35.5. The van der Waals surface area contributed by atoms with Gasteiger partial charge in [-0.3, -0.25) is 20.0 Å². The number of hydrogen-bond donors (Lipinski definition) is 1. The average Bonchev–Trinajstić information content (AvgIpc) is 2.88. The third-order valence-electron chi connectivity index (χ3n) is 4.25. The Morgan fingerprint density at radius 1 is 1.26 bits per heavy atom. The minimum atomic E-state index is -2.76. The molecule has 2 fully saturated rings. The largest absolute Gasteiger partial charge is 0.339 e. The van der Waals surface area contributed by atoms with Crippen molar-refractivity contribution in [2.24, 2.45) is 0 Å². The molecule has 0 saturated carbocycles. The topological polar surface area (TPSA) is 48.5 Å². The van der Waals surface area contributed by atoms with Crippen LogP contribution in [0, 0.1) is 0 Å². The Kier molecular flexibility index (Phi) is 5.89. The molecule has 3 rings (SSSR count). The fourth-order valence-corrected chi connectivity index (χ4v) is 2.98. The monoisotopic (exact) mass is 346 g/mol. The number of rotatable bonds is 3. The SMILES string of the molecule is Cl.O=C(C1CC(F)(F)CN1)N1CCN(Cc2ccncc2)CC1. The molecule has 0 bridgehead atoms. The van der Waals surface area contributed by atoms with Gasteiger partial charge in [-0.1, -0.05) is 0 Å². The van der Waals surface area contributed by atoms with E-state index in [1.165, 1.54) is 5.56 Å². The zero-order valence-electron chi connectivity index (χ0n) is 12.8. The predicted octanol–water partition coefficient (Wildman–Crippen LogP) is 1.14. The van der Waals surface area contributed by atoms with Gasteiger partial charge in [-0.05, 0) is 17.7 Å². The van der Waals surface area contributed by atoms with Crippen molar-refractivity contribution >= 4 is 18.3 Å². The van der Waals surface area contributed by atoms with Gasteiger partial charge in [-0.2, -0.15) is 0 Å². The number of aromatic nitrogens is 1. The van der Waals surface area contributed by atoms with Crippen molar-refractivity contribution in [2.75, 3.05) is 32.7 Å². The fraction of sp³-hybridized carbons (Fsp3) is 0.600. The highest BCUT2D eigenvalue weighted by Gasteiger charge is 2.43. The van der Waals surface area contributed by atoms with Crippen molar-refractivity contribution < 1.29 is 13.6 Å². The molecule has 0 radical (unpaired) electrons. The lowest BCUT2D eigenvalue weighted by Gasteiger charge is -2.35. The molecule has 128 valence electrons. The van der Waals surface area contributed by atoms with Gasteiger partial charge in [0.15, 0.2) is 0 Å². The van der Waals surface area contributed by atoms with Crippen LogP contribution in [-0.4, -0.2) is 65.4 Å². The molecule has 5 nitrogen and oxygen atoms in total. The summed E-state index contributed by atoms with van der Waals surface area (Å²) in [5.74, 6) is -2.95. The third-order valence-corrected chi connectivity index (χ3v) is 4.25. The summed E-state index contributed by atoms with van der Waals surface area (Å²) in [5.41, 5.74) is 1.19. The van der Waals surface area contributed by atoms with E-state index in [2.05, 4.69) is 15.2 Å². The van der Waals surface area contributed by atoms with E-state index in [0.717, 1.165) is 19.6 Å². The van der Waals surface area contributed by atoms with E-state index in [1.807, 2.05) is 12.1 Å². The third kappa shape index (κ3) is 4.59. The summed E-state index contributed by atoms with van der Waals surface area (Å²) < 4.78 is 26.4. The van der Waals surface area contributed by atoms with Gasteiger partial charge in [0.2, 0.25) is 5.91 Å². The molecule has 1 unspecified atom stereocenters. The van der Waals surface area contributed by atoms with Crippen LogP contribution in [0.15, 0.2) is 24.5 Å². The van der Waals surface area contributed by atoms with E-state index in [-0.39, 0.29) is 24.7 Å². The summed E-state index contributed by atoms with van der Waals surface area (Å²) in [7, 11) is 0. The van der Waals surface area contributed by atoms with E-state index in [9.17, 15) is 13.6 Å². The van der Waals surface area contributed by atoms with Crippen molar-refractivity contribution in [3.8, 4) is 0 Å². The predicted molar refractivity (Wildman–Crippen MR) is 84.7 cm³/mol. The lowest BCUT2D eigenvalue weighted by Crippen LogP contribution is -2.52. The Balaban J connectivity index is 0.00000192. The zero-order chi connectivity index (χ0) is 15.6. The van der Waals surface area contributed by atoms with Crippen LogP contribution in [0.1, 0.15) is 12.0 Å². The Bertz CT molecular complexity index is 523. The standard InChI is InChI=1S/C15H20F2N4O.ClH/c16-15(17)9-13(19-11-15)14(22)21-7-5-20(6-8-21)10-12-1-3-18-4-2-12;/h1-4,13,19H,5-11H2;1H. The van der Waals surface area contributed by atoms with Gasteiger partial charge in [-0.25, -0.2) is 8.78 Å². The Labute approximate surface area is 140 Å². The molecule has 8 heteroatoms. The summed E-state index contributed by atoms with van der Waals surface area (Å²) in [6.45, 7) is 3.13. The van der Waals surface area contributed by atoms with Crippen molar-refractivity contribution in [1.29, 1.82) is 0 Å². The van der Waals surface area contributed by atoms with Crippen LogP contribution in [0.5, 0.6) is 0 Å². The van der Waals surface area contributed by atoms with Gasteiger partial charge in [0.05, 0.1) is 12.6 Å². The first-order valence-electron chi connectivity index (χ1n) is 7.55. The van der Waals surface area contributed by atoms with E-state index in [1.54, 1.807) is 17.3 Å². The number of nitrogens with one attached hydrogen (secondary N) is 1. The molecule has 2 aliphatic heterocycles. The number of carbonyl (C=O) groups is 1. The Hall–Kier alpha value is -1.31. The molecule has 2 saturated heterocycles. The number of carbonyl (C=O) groups excluding carboxylic acids is 1. The molecule has 0 spiro atoms. The first-order chi connectivity index (χ1) is 10.5. The summed E-state index contributed by atoms with van der Waals surface area (Å²) in [6.07, 6.45) is 3.14. The smallest absolute Gasteiger partial charge is 0.262 e. The highest BCUT2D eigenvalue weighted by Crippen LogP contribution is 2.26. The van der Waals surface area contributed by atoms with Gasteiger partial charge >= 0.3 is 0 Å². The molecule has 2 aliphatic rings. The lowest BCUT2D eigenvalue weighted by molar-refractivity contribution is -0.135. The van der Waals surface area contributed by atoms with Gasteiger partial charge < -0.3 is 4.90 Å². The first kappa shape index (κ1) is 18.0. The maximum Gasteiger partial charge on any atom is 0.262 e. The number of alkyl halides is 2. The molecular formula is C15H21ClF2N4O. The average molecular weight is 347 g/mol.